The number of nitrogens with zero attached hydrogens (tertiary/aromatic N) is 3. The lowest BCUT2D eigenvalue weighted by Crippen LogP contribution is -2.38. The highest BCUT2D eigenvalue weighted by atomic mass is 32.2. The first kappa shape index (κ1) is 20.3. The predicted molar refractivity (Wildman–Crippen MR) is 121 cm³/mol. The van der Waals surface area contributed by atoms with Crippen molar-refractivity contribution >= 4 is 44.2 Å². The first-order chi connectivity index (χ1) is 15.0. The van der Waals surface area contributed by atoms with Gasteiger partial charge in [-0.2, -0.15) is 0 Å². The number of hydrogen-bond acceptors (Lipinski definition) is 6. The van der Waals surface area contributed by atoms with Crippen LogP contribution in [0, 0.1) is 0 Å². The number of anilines is 1. The molecule has 7 nitrogen and oxygen atoms in total. The Bertz CT molecular complexity index is 1190. The number of carbonyl (C=O) groups excluding carboxylic acids is 1. The van der Waals surface area contributed by atoms with Gasteiger partial charge in [0, 0.05) is 26.2 Å². The summed E-state index contributed by atoms with van der Waals surface area (Å²) in [5.74, 6) is -0.632. The number of hydrogen-bond donors (Lipinski definition) is 2. The van der Waals surface area contributed by atoms with Crippen LogP contribution in [0.4, 0.5) is 5.69 Å². The quantitative estimate of drug-likeness (QED) is 0.454. The number of aliphatic hydroxyl groups is 1. The van der Waals surface area contributed by atoms with Gasteiger partial charge >= 0.3 is 0 Å². The van der Waals surface area contributed by atoms with Gasteiger partial charge in [0.25, 0.3) is 0 Å². The van der Waals surface area contributed by atoms with Gasteiger partial charge in [-0.15, -0.1) is 11.3 Å². The molecule has 2 unspecified atom stereocenters. The number of rotatable bonds is 5. The number of thiazole rings is 1. The van der Waals surface area contributed by atoms with Crippen LogP contribution in [0.5, 0.6) is 0 Å². The Morgan fingerprint density at radius 1 is 1.13 bits per heavy atom. The average Bonchev–Trinajstić information content (AvgIpc) is 3.48. The molecule has 31 heavy (non-hydrogen) atoms. The summed E-state index contributed by atoms with van der Waals surface area (Å²) in [6, 6.07) is 13.0. The van der Waals surface area contributed by atoms with E-state index in [0.29, 0.717) is 31.1 Å². The Hall–Kier alpha value is -2.59. The van der Waals surface area contributed by atoms with Crippen molar-refractivity contribution in [2.45, 2.75) is 10.8 Å². The molecule has 0 spiro atoms. The number of amides is 1. The Balaban J connectivity index is 1.33. The highest BCUT2D eigenvalue weighted by Gasteiger charge is 2.36. The second-order valence-corrected chi connectivity index (χ2v) is 9.62. The molecular weight excluding hydrogens is 434 g/mol. The molecule has 0 aliphatic carbocycles. The maximum atomic E-state index is 13.1. The van der Waals surface area contributed by atoms with Gasteiger partial charge < -0.3 is 19.5 Å². The van der Waals surface area contributed by atoms with Gasteiger partial charge in [0.05, 0.1) is 38.8 Å². The number of carbonyl (C=O) groups is 1. The molecule has 0 saturated heterocycles. The third-order valence-electron chi connectivity index (χ3n) is 5.96. The minimum atomic E-state index is -2.11. The molecule has 0 saturated carbocycles. The van der Waals surface area contributed by atoms with Gasteiger partial charge in [-0.25, -0.2) is 9.19 Å². The summed E-state index contributed by atoms with van der Waals surface area (Å²) in [7, 11) is 0. The van der Waals surface area contributed by atoms with Crippen LogP contribution in [-0.2, 0) is 15.9 Å². The van der Waals surface area contributed by atoms with E-state index in [1.54, 1.807) is 16.5 Å². The molecule has 3 aromatic rings. The second kappa shape index (κ2) is 8.16. The lowest BCUT2D eigenvalue weighted by atomic mass is 9.98. The summed E-state index contributed by atoms with van der Waals surface area (Å²) in [6.45, 7) is 2.05. The summed E-state index contributed by atoms with van der Waals surface area (Å²) in [5, 5.41) is 9.83. The highest BCUT2D eigenvalue weighted by molar-refractivity contribution is 7.79. The summed E-state index contributed by atoms with van der Waals surface area (Å²) >= 11 is -0.613. The standard InChI is InChI=1S/C22H21N3O4S2/c26-12-17(14-4-2-1-3-5-14)22(27)25-10-15-8-24(9-16(15)11-25)19-7-20-18(23-13-30-20)6-21(19)31(28)29/h1-7,13,17,26H,8-12H2,(H,28,29). The van der Waals surface area contributed by atoms with Gasteiger partial charge in [0.1, 0.15) is 0 Å². The van der Waals surface area contributed by atoms with Crippen LogP contribution in [0.25, 0.3) is 10.2 Å². The molecule has 160 valence electrons. The Labute approximate surface area is 185 Å². The van der Waals surface area contributed by atoms with E-state index in [1.807, 2.05) is 36.4 Å². The zero-order chi connectivity index (χ0) is 21.5. The van der Waals surface area contributed by atoms with E-state index >= 15 is 0 Å². The summed E-state index contributed by atoms with van der Waals surface area (Å²) in [5.41, 5.74) is 6.33. The molecule has 2 N–H and O–H groups in total. The topological polar surface area (TPSA) is 94.0 Å². The van der Waals surface area contributed by atoms with Crippen molar-refractivity contribution in [1.82, 2.24) is 9.88 Å². The minimum absolute atomic E-state index is 0.0714. The van der Waals surface area contributed by atoms with Crippen molar-refractivity contribution in [2.75, 3.05) is 37.7 Å². The lowest BCUT2D eigenvalue weighted by Gasteiger charge is -2.27. The Morgan fingerprint density at radius 2 is 1.84 bits per heavy atom. The molecule has 0 radical (unpaired) electrons. The van der Waals surface area contributed by atoms with Crippen molar-refractivity contribution in [1.29, 1.82) is 0 Å². The number of benzene rings is 2. The minimum Gasteiger partial charge on any atom is -0.395 e. The SMILES string of the molecule is O=C(C(CO)c1ccccc1)N1CC2=C(C1)CN(c1cc3scnc3cc1S(=O)O)C2. The van der Waals surface area contributed by atoms with Crippen molar-refractivity contribution < 1.29 is 18.7 Å². The third-order valence-corrected chi connectivity index (χ3v) is 7.46. The molecular formula is C22H21N3O4S2. The van der Waals surface area contributed by atoms with E-state index in [-0.39, 0.29) is 12.5 Å². The fraction of sp³-hybridized carbons (Fsp3) is 0.273. The number of aliphatic hydroxyl groups excluding tert-OH is 1. The van der Waals surface area contributed by atoms with E-state index in [1.165, 1.54) is 11.3 Å². The zero-order valence-electron chi connectivity index (χ0n) is 16.6. The predicted octanol–water partition coefficient (Wildman–Crippen LogP) is 2.61. The molecule has 0 bridgehead atoms. The van der Waals surface area contributed by atoms with Crippen LogP contribution in [0.15, 0.2) is 64.0 Å². The third kappa shape index (κ3) is 3.67. The van der Waals surface area contributed by atoms with Crippen LogP contribution in [0.2, 0.25) is 0 Å². The maximum Gasteiger partial charge on any atom is 0.233 e. The average molecular weight is 456 g/mol. The Kier molecular flexibility index (Phi) is 5.35. The van der Waals surface area contributed by atoms with Crippen LogP contribution in [-0.4, -0.2) is 62.4 Å². The van der Waals surface area contributed by atoms with E-state index in [0.717, 1.165) is 32.6 Å². The van der Waals surface area contributed by atoms with Crippen LogP contribution in [0.3, 0.4) is 0 Å². The van der Waals surface area contributed by atoms with Gasteiger partial charge in [-0.1, -0.05) is 30.3 Å². The molecule has 1 amide bonds. The fourth-order valence-corrected chi connectivity index (χ4v) is 5.67. The molecule has 2 aliphatic rings. The monoisotopic (exact) mass is 455 g/mol. The molecule has 2 aliphatic heterocycles. The zero-order valence-corrected chi connectivity index (χ0v) is 18.2. The van der Waals surface area contributed by atoms with Gasteiger partial charge in [0.2, 0.25) is 5.91 Å². The van der Waals surface area contributed by atoms with Gasteiger partial charge in [-0.3, -0.25) is 4.79 Å². The molecule has 3 heterocycles. The highest BCUT2D eigenvalue weighted by Crippen LogP contribution is 2.36. The summed E-state index contributed by atoms with van der Waals surface area (Å²) in [6.07, 6.45) is 0. The van der Waals surface area contributed by atoms with E-state index in [4.69, 9.17) is 0 Å². The molecule has 1 aromatic heterocycles. The maximum absolute atomic E-state index is 13.1. The first-order valence-corrected chi connectivity index (χ1v) is 11.9. The van der Waals surface area contributed by atoms with Crippen molar-refractivity contribution in [3.8, 4) is 0 Å². The van der Waals surface area contributed by atoms with Crippen LogP contribution in [0.1, 0.15) is 11.5 Å². The van der Waals surface area contributed by atoms with Crippen molar-refractivity contribution in [3.05, 3.63) is 64.7 Å². The van der Waals surface area contributed by atoms with Crippen molar-refractivity contribution in [3.63, 3.8) is 0 Å². The fourth-order valence-electron chi connectivity index (χ4n) is 4.40. The lowest BCUT2D eigenvalue weighted by molar-refractivity contribution is -0.132. The summed E-state index contributed by atoms with van der Waals surface area (Å²) in [4.78, 5) is 21.6. The van der Waals surface area contributed by atoms with E-state index in [9.17, 15) is 18.7 Å². The number of fused-ring (bicyclic) bond motifs is 1. The summed E-state index contributed by atoms with van der Waals surface area (Å²) < 4.78 is 22.7. The molecule has 2 aromatic carbocycles. The van der Waals surface area contributed by atoms with E-state index < -0.39 is 17.0 Å². The smallest absolute Gasteiger partial charge is 0.233 e. The Morgan fingerprint density at radius 3 is 2.48 bits per heavy atom. The number of aromatic nitrogens is 1. The van der Waals surface area contributed by atoms with Gasteiger partial charge in [-0.05, 0) is 28.8 Å². The first-order valence-electron chi connectivity index (χ1n) is 9.92. The molecule has 9 heteroatoms. The molecule has 0 fully saturated rings. The van der Waals surface area contributed by atoms with Crippen LogP contribution < -0.4 is 4.90 Å². The largest absolute Gasteiger partial charge is 0.395 e. The molecule has 5 rings (SSSR count). The molecule has 2 atom stereocenters. The van der Waals surface area contributed by atoms with E-state index in [2.05, 4.69) is 9.88 Å². The second-order valence-electron chi connectivity index (χ2n) is 7.79. The van der Waals surface area contributed by atoms with Gasteiger partial charge in [0.15, 0.2) is 11.1 Å². The van der Waals surface area contributed by atoms with Crippen LogP contribution >= 0.6 is 11.3 Å². The van der Waals surface area contributed by atoms with Crippen molar-refractivity contribution in [2.24, 2.45) is 0 Å². The normalized spacial score (nSPS) is 18.0.